The molecule has 4 heteroatoms. The molecule has 4 nitrogen and oxygen atoms in total. The highest BCUT2D eigenvalue weighted by Gasteiger charge is 2.21. The van der Waals surface area contributed by atoms with Crippen molar-refractivity contribution in [3.8, 4) is 0 Å². The SMILES string of the molecule is CCN(CC)Cc1ccccc1CNC(=O)C1CCOCC1. The molecule has 1 aromatic carbocycles. The van der Waals surface area contributed by atoms with E-state index in [1.165, 1.54) is 11.1 Å². The molecule has 1 fully saturated rings. The highest BCUT2D eigenvalue weighted by molar-refractivity contribution is 5.78. The Kier molecular flexibility index (Phi) is 6.87. The highest BCUT2D eigenvalue weighted by atomic mass is 16.5. The number of ether oxygens (including phenoxy) is 1. The number of amides is 1. The van der Waals surface area contributed by atoms with Crippen LogP contribution in [0.5, 0.6) is 0 Å². The van der Waals surface area contributed by atoms with Gasteiger partial charge in [0, 0.05) is 32.2 Å². The molecule has 1 aliphatic heterocycles. The molecule has 122 valence electrons. The lowest BCUT2D eigenvalue weighted by atomic mass is 9.99. The molecule has 0 aromatic heterocycles. The summed E-state index contributed by atoms with van der Waals surface area (Å²) in [7, 11) is 0. The summed E-state index contributed by atoms with van der Waals surface area (Å²) in [6.45, 7) is 9.41. The standard InChI is InChI=1S/C18H28N2O2/c1-3-20(4-2)14-17-8-6-5-7-16(17)13-19-18(21)15-9-11-22-12-10-15/h5-8,15H,3-4,9-14H2,1-2H3,(H,19,21). The van der Waals surface area contributed by atoms with Crippen molar-refractivity contribution < 1.29 is 9.53 Å². The van der Waals surface area contributed by atoms with Crippen molar-refractivity contribution in [2.24, 2.45) is 5.92 Å². The van der Waals surface area contributed by atoms with Crippen LogP contribution in [0.1, 0.15) is 37.8 Å². The Morgan fingerprint density at radius 2 is 1.82 bits per heavy atom. The number of benzene rings is 1. The fraction of sp³-hybridized carbons (Fsp3) is 0.611. The Labute approximate surface area is 133 Å². The van der Waals surface area contributed by atoms with E-state index in [1.54, 1.807) is 0 Å². The Bertz CT molecular complexity index is 466. The van der Waals surface area contributed by atoms with Crippen molar-refractivity contribution in [3.05, 3.63) is 35.4 Å². The van der Waals surface area contributed by atoms with Crippen LogP contribution in [0.25, 0.3) is 0 Å². The van der Waals surface area contributed by atoms with Crippen LogP contribution >= 0.6 is 0 Å². The fourth-order valence-electron chi connectivity index (χ4n) is 2.86. The van der Waals surface area contributed by atoms with Crippen LogP contribution in [0.15, 0.2) is 24.3 Å². The lowest BCUT2D eigenvalue weighted by Gasteiger charge is -2.22. The number of rotatable bonds is 7. The molecule has 0 atom stereocenters. The molecule has 0 bridgehead atoms. The number of hydrogen-bond donors (Lipinski definition) is 1. The lowest BCUT2D eigenvalue weighted by Crippen LogP contribution is -2.34. The Morgan fingerprint density at radius 3 is 2.45 bits per heavy atom. The molecule has 1 aliphatic rings. The minimum absolute atomic E-state index is 0.115. The van der Waals surface area contributed by atoms with E-state index < -0.39 is 0 Å². The number of carbonyl (C=O) groups is 1. The van der Waals surface area contributed by atoms with Crippen LogP contribution in [0.4, 0.5) is 0 Å². The molecule has 1 saturated heterocycles. The molecule has 0 unspecified atom stereocenters. The largest absolute Gasteiger partial charge is 0.381 e. The van der Waals surface area contributed by atoms with Crippen LogP contribution in [0, 0.1) is 5.92 Å². The molecule has 1 aromatic rings. The van der Waals surface area contributed by atoms with Gasteiger partial charge in [0.1, 0.15) is 0 Å². The van der Waals surface area contributed by atoms with Crippen LogP contribution in [-0.4, -0.2) is 37.1 Å². The van der Waals surface area contributed by atoms with E-state index in [0.29, 0.717) is 19.8 Å². The second kappa shape index (κ2) is 8.91. The van der Waals surface area contributed by atoms with E-state index in [2.05, 4.69) is 42.3 Å². The summed E-state index contributed by atoms with van der Waals surface area (Å²) in [5.74, 6) is 0.282. The van der Waals surface area contributed by atoms with Gasteiger partial charge in [-0.15, -0.1) is 0 Å². The first kappa shape index (κ1) is 17.0. The van der Waals surface area contributed by atoms with Gasteiger partial charge in [-0.1, -0.05) is 38.1 Å². The zero-order chi connectivity index (χ0) is 15.8. The van der Waals surface area contributed by atoms with E-state index in [1.807, 2.05) is 6.07 Å². The highest BCUT2D eigenvalue weighted by Crippen LogP contribution is 2.16. The smallest absolute Gasteiger partial charge is 0.223 e. The average Bonchev–Trinajstić information content (AvgIpc) is 2.59. The van der Waals surface area contributed by atoms with E-state index in [4.69, 9.17) is 4.74 Å². The third-order valence-corrected chi connectivity index (χ3v) is 4.45. The number of nitrogens with zero attached hydrogens (tertiary/aromatic N) is 1. The predicted octanol–water partition coefficient (Wildman–Crippen LogP) is 2.57. The van der Waals surface area contributed by atoms with Gasteiger partial charge in [-0.05, 0) is 37.1 Å². The quantitative estimate of drug-likeness (QED) is 0.842. The third kappa shape index (κ3) is 4.82. The van der Waals surface area contributed by atoms with Gasteiger partial charge in [0.15, 0.2) is 0 Å². The van der Waals surface area contributed by atoms with Gasteiger partial charge in [-0.2, -0.15) is 0 Å². The maximum absolute atomic E-state index is 12.2. The van der Waals surface area contributed by atoms with Gasteiger partial charge >= 0.3 is 0 Å². The molecule has 1 amide bonds. The van der Waals surface area contributed by atoms with Crippen molar-refractivity contribution in [2.45, 2.75) is 39.8 Å². The van der Waals surface area contributed by atoms with Crippen molar-refractivity contribution in [1.29, 1.82) is 0 Å². The van der Waals surface area contributed by atoms with Crippen molar-refractivity contribution >= 4 is 5.91 Å². The molecular weight excluding hydrogens is 276 g/mol. The van der Waals surface area contributed by atoms with Crippen molar-refractivity contribution in [3.63, 3.8) is 0 Å². The normalized spacial score (nSPS) is 16.0. The second-order valence-electron chi connectivity index (χ2n) is 5.83. The number of nitrogens with one attached hydrogen (secondary N) is 1. The summed E-state index contributed by atoms with van der Waals surface area (Å²) in [5.41, 5.74) is 2.52. The van der Waals surface area contributed by atoms with Crippen LogP contribution in [0.3, 0.4) is 0 Å². The lowest BCUT2D eigenvalue weighted by molar-refractivity contribution is -0.128. The molecular formula is C18H28N2O2. The molecule has 0 aliphatic carbocycles. The molecule has 1 heterocycles. The molecule has 22 heavy (non-hydrogen) atoms. The number of hydrogen-bond acceptors (Lipinski definition) is 3. The second-order valence-corrected chi connectivity index (χ2v) is 5.83. The third-order valence-electron chi connectivity index (χ3n) is 4.45. The van der Waals surface area contributed by atoms with Crippen molar-refractivity contribution in [2.75, 3.05) is 26.3 Å². The van der Waals surface area contributed by atoms with Crippen LogP contribution < -0.4 is 5.32 Å². The van der Waals surface area contributed by atoms with E-state index in [-0.39, 0.29) is 11.8 Å². The first-order valence-corrected chi connectivity index (χ1v) is 8.39. The monoisotopic (exact) mass is 304 g/mol. The van der Waals surface area contributed by atoms with Gasteiger partial charge in [-0.3, -0.25) is 9.69 Å². The zero-order valence-electron chi connectivity index (χ0n) is 13.8. The van der Waals surface area contributed by atoms with Gasteiger partial charge in [0.05, 0.1) is 0 Å². The van der Waals surface area contributed by atoms with Crippen molar-refractivity contribution in [1.82, 2.24) is 10.2 Å². The summed E-state index contributed by atoms with van der Waals surface area (Å²) in [6.07, 6.45) is 1.68. The van der Waals surface area contributed by atoms with E-state index >= 15 is 0 Å². The summed E-state index contributed by atoms with van der Waals surface area (Å²) in [4.78, 5) is 14.6. The minimum Gasteiger partial charge on any atom is -0.381 e. The molecule has 0 spiro atoms. The van der Waals surface area contributed by atoms with Crippen LogP contribution in [0.2, 0.25) is 0 Å². The maximum atomic E-state index is 12.2. The van der Waals surface area contributed by atoms with Crippen LogP contribution in [-0.2, 0) is 22.6 Å². The summed E-state index contributed by atoms with van der Waals surface area (Å²) in [5, 5.41) is 3.11. The summed E-state index contributed by atoms with van der Waals surface area (Å²) >= 11 is 0. The fourth-order valence-corrected chi connectivity index (χ4v) is 2.86. The van der Waals surface area contributed by atoms with Gasteiger partial charge in [0.25, 0.3) is 0 Å². The summed E-state index contributed by atoms with van der Waals surface area (Å²) < 4.78 is 5.31. The first-order chi connectivity index (χ1) is 10.7. The molecule has 1 N–H and O–H groups in total. The van der Waals surface area contributed by atoms with Gasteiger partial charge in [-0.25, -0.2) is 0 Å². The number of carbonyl (C=O) groups excluding carboxylic acids is 1. The van der Waals surface area contributed by atoms with Gasteiger partial charge < -0.3 is 10.1 Å². The first-order valence-electron chi connectivity index (χ1n) is 8.39. The topological polar surface area (TPSA) is 41.6 Å². The predicted molar refractivity (Wildman–Crippen MR) is 88.5 cm³/mol. The van der Waals surface area contributed by atoms with E-state index in [0.717, 1.165) is 32.5 Å². The molecule has 2 rings (SSSR count). The molecule has 0 radical (unpaired) electrons. The van der Waals surface area contributed by atoms with Gasteiger partial charge in [0.2, 0.25) is 5.91 Å². The Hall–Kier alpha value is -1.39. The molecule has 0 saturated carbocycles. The minimum atomic E-state index is 0.115. The zero-order valence-corrected chi connectivity index (χ0v) is 13.8. The Morgan fingerprint density at radius 1 is 1.18 bits per heavy atom. The maximum Gasteiger partial charge on any atom is 0.223 e. The Balaban J connectivity index is 1.93. The summed E-state index contributed by atoms with van der Waals surface area (Å²) in [6, 6.07) is 8.39. The average molecular weight is 304 g/mol. The van der Waals surface area contributed by atoms with E-state index in [9.17, 15) is 4.79 Å².